The molecular weight excluding hydrogens is 256 g/mol. The van der Waals surface area contributed by atoms with Gasteiger partial charge in [0.2, 0.25) is 0 Å². The Kier molecular flexibility index (Phi) is 3.91. The molecular formula is C15H24N2O3. The van der Waals surface area contributed by atoms with Gasteiger partial charge in [-0.1, -0.05) is 19.0 Å². The molecule has 0 atom stereocenters. The van der Waals surface area contributed by atoms with Crippen molar-refractivity contribution in [3.63, 3.8) is 0 Å². The van der Waals surface area contributed by atoms with Crippen molar-refractivity contribution in [2.45, 2.75) is 59.0 Å². The van der Waals surface area contributed by atoms with Crippen LogP contribution in [0.5, 0.6) is 0 Å². The van der Waals surface area contributed by atoms with E-state index in [1.165, 1.54) is 0 Å². The minimum atomic E-state index is -0.788. The summed E-state index contributed by atoms with van der Waals surface area (Å²) in [5.74, 6) is 0.288. The topological polar surface area (TPSA) is 75.4 Å². The van der Waals surface area contributed by atoms with E-state index >= 15 is 0 Å². The molecule has 0 radical (unpaired) electrons. The largest absolute Gasteiger partial charge is 0.388 e. The molecule has 1 aliphatic carbocycles. The molecule has 0 aromatic carbocycles. The maximum Gasteiger partial charge on any atom is 0.256 e. The van der Waals surface area contributed by atoms with E-state index in [1.807, 2.05) is 0 Å². The standard InChI is InChI=1S/C15H24N2O3/c1-10-12(11(2)20-17-10)13(18)16-9-15(19)7-5-14(3,4)6-8-15/h19H,5-9H2,1-4H3,(H,16,18). The Labute approximate surface area is 119 Å². The smallest absolute Gasteiger partial charge is 0.256 e. The molecule has 1 amide bonds. The van der Waals surface area contributed by atoms with Crippen LogP contribution in [0.3, 0.4) is 0 Å². The number of hydrogen-bond acceptors (Lipinski definition) is 4. The van der Waals surface area contributed by atoms with Crippen molar-refractivity contribution in [2.24, 2.45) is 5.41 Å². The van der Waals surface area contributed by atoms with Gasteiger partial charge in [-0.25, -0.2) is 0 Å². The van der Waals surface area contributed by atoms with Gasteiger partial charge in [-0.05, 0) is 44.9 Å². The summed E-state index contributed by atoms with van der Waals surface area (Å²) in [6.07, 6.45) is 3.40. The predicted molar refractivity (Wildman–Crippen MR) is 75.5 cm³/mol. The first kappa shape index (κ1) is 15.0. The van der Waals surface area contributed by atoms with Gasteiger partial charge in [0, 0.05) is 6.54 Å². The maximum atomic E-state index is 12.1. The first-order valence-electron chi connectivity index (χ1n) is 7.16. The molecule has 5 heteroatoms. The lowest BCUT2D eigenvalue weighted by Gasteiger charge is -2.40. The van der Waals surface area contributed by atoms with Crippen molar-refractivity contribution in [3.05, 3.63) is 17.0 Å². The van der Waals surface area contributed by atoms with Crippen LogP contribution in [0, 0.1) is 19.3 Å². The van der Waals surface area contributed by atoms with Crippen LogP contribution < -0.4 is 5.32 Å². The van der Waals surface area contributed by atoms with Crippen LogP contribution in [-0.4, -0.2) is 28.3 Å². The molecule has 112 valence electrons. The van der Waals surface area contributed by atoms with Crippen LogP contribution in [0.4, 0.5) is 0 Å². The average molecular weight is 280 g/mol. The summed E-state index contributed by atoms with van der Waals surface area (Å²) in [6, 6.07) is 0. The maximum absolute atomic E-state index is 12.1. The highest BCUT2D eigenvalue weighted by Gasteiger charge is 2.37. The Morgan fingerprint density at radius 1 is 1.30 bits per heavy atom. The van der Waals surface area contributed by atoms with E-state index < -0.39 is 5.60 Å². The molecule has 1 fully saturated rings. The number of nitrogens with one attached hydrogen (secondary N) is 1. The molecule has 2 rings (SSSR count). The van der Waals surface area contributed by atoms with Gasteiger partial charge < -0.3 is 14.9 Å². The number of rotatable bonds is 3. The number of carbonyl (C=O) groups is 1. The summed E-state index contributed by atoms with van der Waals surface area (Å²) in [5, 5.41) is 17.1. The van der Waals surface area contributed by atoms with Crippen molar-refractivity contribution in [2.75, 3.05) is 6.54 Å². The second-order valence-electron chi connectivity index (χ2n) is 6.77. The van der Waals surface area contributed by atoms with Gasteiger partial charge in [-0.3, -0.25) is 4.79 Å². The van der Waals surface area contributed by atoms with Crippen LogP contribution in [0.1, 0.15) is 61.3 Å². The van der Waals surface area contributed by atoms with Gasteiger partial charge in [0.15, 0.2) is 0 Å². The summed E-state index contributed by atoms with van der Waals surface area (Å²) in [6.45, 7) is 8.17. The van der Waals surface area contributed by atoms with Gasteiger partial charge in [-0.15, -0.1) is 0 Å². The monoisotopic (exact) mass is 280 g/mol. The zero-order valence-electron chi connectivity index (χ0n) is 12.7. The third-order valence-electron chi connectivity index (χ3n) is 4.37. The number of hydrogen-bond donors (Lipinski definition) is 2. The third-order valence-corrected chi connectivity index (χ3v) is 4.37. The van der Waals surface area contributed by atoms with Crippen molar-refractivity contribution < 1.29 is 14.4 Å². The van der Waals surface area contributed by atoms with E-state index in [0.717, 1.165) is 25.7 Å². The van der Waals surface area contributed by atoms with Gasteiger partial charge in [0.25, 0.3) is 5.91 Å². The molecule has 1 saturated carbocycles. The summed E-state index contributed by atoms with van der Waals surface area (Å²) < 4.78 is 4.99. The van der Waals surface area contributed by atoms with Crippen LogP contribution in [-0.2, 0) is 0 Å². The fraction of sp³-hybridized carbons (Fsp3) is 0.733. The van der Waals surface area contributed by atoms with Gasteiger partial charge in [-0.2, -0.15) is 0 Å². The van der Waals surface area contributed by atoms with Crippen molar-refractivity contribution >= 4 is 5.91 Å². The summed E-state index contributed by atoms with van der Waals surface area (Å²) in [4.78, 5) is 12.1. The lowest BCUT2D eigenvalue weighted by molar-refractivity contribution is -0.0233. The number of amides is 1. The zero-order valence-corrected chi connectivity index (χ0v) is 12.7. The first-order chi connectivity index (χ1) is 9.22. The highest BCUT2D eigenvalue weighted by atomic mass is 16.5. The number of aromatic nitrogens is 1. The Bertz CT molecular complexity index is 476. The molecule has 0 unspecified atom stereocenters. The van der Waals surface area contributed by atoms with E-state index in [2.05, 4.69) is 24.3 Å². The molecule has 1 heterocycles. The van der Waals surface area contributed by atoms with E-state index in [1.54, 1.807) is 13.8 Å². The predicted octanol–water partition coefficient (Wildman–Crippen LogP) is 2.35. The van der Waals surface area contributed by atoms with Gasteiger partial charge in [0.1, 0.15) is 11.3 Å². The molecule has 0 aliphatic heterocycles. The molecule has 20 heavy (non-hydrogen) atoms. The lowest BCUT2D eigenvalue weighted by atomic mass is 9.71. The Morgan fingerprint density at radius 3 is 2.40 bits per heavy atom. The Morgan fingerprint density at radius 2 is 1.90 bits per heavy atom. The highest BCUT2D eigenvalue weighted by Crippen LogP contribution is 2.39. The van der Waals surface area contributed by atoms with Crippen LogP contribution in [0.25, 0.3) is 0 Å². The normalized spacial score (nSPS) is 20.6. The lowest BCUT2D eigenvalue weighted by Crippen LogP contribution is -2.46. The number of nitrogens with zero attached hydrogens (tertiary/aromatic N) is 1. The molecule has 0 spiro atoms. The minimum absolute atomic E-state index is 0.223. The summed E-state index contributed by atoms with van der Waals surface area (Å²) >= 11 is 0. The Hall–Kier alpha value is -1.36. The third kappa shape index (κ3) is 3.20. The number of aryl methyl sites for hydroxylation is 2. The molecule has 0 bridgehead atoms. The summed E-state index contributed by atoms with van der Waals surface area (Å²) in [7, 11) is 0. The van der Waals surface area contributed by atoms with E-state index in [4.69, 9.17) is 4.52 Å². The minimum Gasteiger partial charge on any atom is -0.388 e. The van der Waals surface area contributed by atoms with E-state index in [0.29, 0.717) is 17.0 Å². The average Bonchev–Trinajstić information content (AvgIpc) is 2.71. The number of carbonyl (C=O) groups excluding carboxylic acids is 1. The van der Waals surface area contributed by atoms with Crippen LogP contribution in [0.15, 0.2) is 4.52 Å². The molecule has 0 saturated heterocycles. The van der Waals surface area contributed by atoms with Crippen LogP contribution >= 0.6 is 0 Å². The quantitative estimate of drug-likeness (QED) is 0.891. The van der Waals surface area contributed by atoms with Crippen LogP contribution in [0.2, 0.25) is 0 Å². The fourth-order valence-corrected chi connectivity index (χ4v) is 2.71. The fourth-order valence-electron chi connectivity index (χ4n) is 2.71. The van der Waals surface area contributed by atoms with Crippen molar-refractivity contribution in [1.82, 2.24) is 10.5 Å². The first-order valence-corrected chi connectivity index (χ1v) is 7.16. The van der Waals surface area contributed by atoms with Crippen molar-refractivity contribution in [3.8, 4) is 0 Å². The molecule has 1 aromatic rings. The van der Waals surface area contributed by atoms with E-state index in [-0.39, 0.29) is 17.9 Å². The molecule has 2 N–H and O–H groups in total. The molecule has 5 nitrogen and oxygen atoms in total. The molecule has 1 aromatic heterocycles. The Balaban J connectivity index is 1.94. The van der Waals surface area contributed by atoms with Crippen molar-refractivity contribution in [1.29, 1.82) is 0 Å². The summed E-state index contributed by atoms with van der Waals surface area (Å²) in [5.41, 5.74) is 0.559. The molecule has 1 aliphatic rings. The second kappa shape index (κ2) is 5.20. The second-order valence-corrected chi connectivity index (χ2v) is 6.77. The number of aliphatic hydroxyl groups is 1. The highest BCUT2D eigenvalue weighted by molar-refractivity contribution is 5.96. The van der Waals surface area contributed by atoms with Gasteiger partial charge in [0.05, 0.1) is 11.3 Å². The van der Waals surface area contributed by atoms with E-state index in [9.17, 15) is 9.90 Å². The SMILES string of the molecule is Cc1noc(C)c1C(=O)NCC1(O)CCC(C)(C)CC1. The zero-order chi connectivity index (χ0) is 15.0. The van der Waals surface area contributed by atoms with Gasteiger partial charge >= 0.3 is 0 Å².